The summed E-state index contributed by atoms with van der Waals surface area (Å²) in [7, 11) is 0. The molecule has 2 heterocycles. The molecule has 0 saturated carbocycles. The minimum atomic E-state index is 0.883. The van der Waals surface area contributed by atoms with Crippen LogP contribution in [-0.4, -0.2) is 9.97 Å². The van der Waals surface area contributed by atoms with E-state index in [0.717, 1.165) is 11.4 Å². The van der Waals surface area contributed by atoms with Crippen molar-refractivity contribution in [2.24, 2.45) is 0 Å². The number of thiazole rings is 1. The van der Waals surface area contributed by atoms with E-state index < -0.39 is 0 Å². The summed E-state index contributed by atoms with van der Waals surface area (Å²) in [6, 6.07) is 5.60. The van der Waals surface area contributed by atoms with Gasteiger partial charge in [0.1, 0.15) is 0 Å². The molecule has 0 N–H and O–H groups in total. The molecule has 0 amide bonds. The minimum Gasteiger partial charge on any atom is -0.244 e. The van der Waals surface area contributed by atoms with Crippen molar-refractivity contribution < 1.29 is 0 Å². The van der Waals surface area contributed by atoms with E-state index in [1.165, 1.54) is 0 Å². The van der Waals surface area contributed by atoms with Crippen molar-refractivity contribution in [1.82, 2.24) is 9.97 Å². The van der Waals surface area contributed by atoms with Gasteiger partial charge in [-0.15, -0.1) is 11.3 Å². The summed E-state index contributed by atoms with van der Waals surface area (Å²) in [5.41, 5.74) is 3.60. The van der Waals surface area contributed by atoms with Crippen molar-refractivity contribution in [1.29, 1.82) is 0 Å². The van der Waals surface area contributed by atoms with Crippen LogP contribution in [0.25, 0.3) is 11.4 Å². The number of nitrogens with zero attached hydrogens (tertiary/aromatic N) is 2. The Balaban J connectivity index is 2.46. The zero-order chi connectivity index (χ0) is 7.52. The van der Waals surface area contributed by atoms with Gasteiger partial charge in [-0.05, 0) is 12.1 Å². The zero-order valence-corrected chi connectivity index (χ0v) is 6.51. The molecule has 53 valence electrons. The van der Waals surface area contributed by atoms with Crippen molar-refractivity contribution in [3.05, 3.63) is 35.3 Å². The molecule has 0 bridgehead atoms. The number of aromatic nitrogens is 2. The van der Waals surface area contributed by atoms with Crippen LogP contribution in [0.2, 0.25) is 0 Å². The molecule has 2 nitrogen and oxygen atoms in total. The summed E-state index contributed by atoms with van der Waals surface area (Å²) < 4.78 is 0. The fraction of sp³-hybridized carbons (Fsp3) is 0. The molecule has 3 heteroatoms. The van der Waals surface area contributed by atoms with Crippen LogP contribution in [0.4, 0.5) is 0 Å². The van der Waals surface area contributed by atoms with E-state index in [1.54, 1.807) is 22.9 Å². The molecule has 1 radical (unpaired) electrons. The molecule has 0 aliphatic rings. The molecule has 2 aromatic heterocycles. The lowest BCUT2D eigenvalue weighted by Crippen LogP contribution is -1.80. The van der Waals surface area contributed by atoms with Gasteiger partial charge in [-0.1, -0.05) is 6.07 Å². The van der Waals surface area contributed by atoms with Crippen LogP contribution in [0.1, 0.15) is 0 Å². The van der Waals surface area contributed by atoms with E-state index in [0.29, 0.717) is 0 Å². The first-order valence-electron chi connectivity index (χ1n) is 3.18. The first-order chi connectivity index (χ1) is 5.47. The lowest BCUT2D eigenvalue weighted by Gasteiger charge is -1.90. The van der Waals surface area contributed by atoms with Crippen molar-refractivity contribution in [2.45, 2.75) is 0 Å². The summed E-state index contributed by atoms with van der Waals surface area (Å²) in [5.74, 6) is 0. The van der Waals surface area contributed by atoms with Crippen molar-refractivity contribution in [3.8, 4) is 11.4 Å². The van der Waals surface area contributed by atoms with E-state index in [9.17, 15) is 0 Å². The van der Waals surface area contributed by atoms with Crippen molar-refractivity contribution >= 4 is 11.3 Å². The standard InChI is InChI=1S/C8H5N2S/c1-2-4-9-7(3-1)8-5-11-6-10-8/h1-3,5-6H. The third-order valence-corrected chi connectivity index (χ3v) is 1.89. The molecule has 0 spiro atoms. The highest BCUT2D eigenvalue weighted by Gasteiger charge is 1.97. The van der Waals surface area contributed by atoms with Crippen LogP contribution < -0.4 is 0 Å². The summed E-state index contributed by atoms with van der Waals surface area (Å²) in [4.78, 5) is 8.16. The van der Waals surface area contributed by atoms with Crippen molar-refractivity contribution in [3.63, 3.8) is 0 Å². The second kappa shape index (κ2) is 2.80. The lowest BCUT2D eigenvalue weighted by molar-refractivity contribution is 1.27. The molecule has 0 saturated heterocycles. The summed E-state index contributed by atoms with van der Waals surface area (Å²) in [6.07, 6.45) is 2.76. The Labute approximate surface area is 68.6 Å². The molecule has 0 atom stereocenters. The predicted octanol–water partition coefficient (Wildman–Crippen LogP) is 2.01. The highest BCUT2D eigenvalue weighted by atomic mass is 32.1. The quantitative estimate of drug-likeness (QED) is 0.639. The summed E-state index contributed by atoms with van der Waals surface area (Å²) in [5, 5.41) is 1.97. The van der Waals surface area contributed by atoms with Gasteiger partial charge in [0.15, 0.2) is 0 Å². The van der Waals surface area contributed by atoms with Gasteiger partial charge in [0.2, 0.25) is 0 Å². The smallest absolute Gasteiger partial charge is 0.0995 e. The Morgan fingerprint density at radius 2 is 2.36 bits per heavy atom. The highest BCUT2D eigenvalue weighted by Crippen LogP contribution is 2.14. The van der Waals surface area contributed by atoms with Gasteiger partial charge in [0.25, 0.3) is 0 Å². The zero-order valence-electron chi connectivity index (χ0n) is 5.69. The average Bonchev–Trinajstić information content (AvgIpc) is 2.58. The van der Waals surface area contributed by atoms with E-state index in [1.807, 2.05) is 17.5 Å². The van der Waals surface area contributed by atoms with Gasteiger partial charge in [0.05, 0.1) is 23.1 Å². The second-order valence-electron chi connectivity index (χ2n) is 2.03. The topological polar surface area (TPSA) is 25.8 Å². The van der Waals surface area contributed by atoms with Gasteiger partial charge in [0, 0.05) is 5.38 Å². The molecular formula is C8H5N2S. The van der Waals surface area contributed by atoms with Gasteiger partial charge >= 0.3 is 0 Å². The van der Waals surface area contributed by atoms with E-state index in [4.69, 9.17) is 0 Å². The predicted molar refractivity (Wildman–Crippen MR) is 44.2 cm³/mol. The number of hydrogen-bond acceptors (Lipinski definition) is 3. The Morgan fingerprint density at radius 3 is 3.00 bits per heavy atom. The number of hydrogen-bond donors (Lipinski definition) is 0. The molecular weight excluding hydrogens is 156 g/mol. The Morgan fingerprint density at radius 1 is 1.36 bits per heavy atom. The first-order valence-corrected chi connectivity index (χ1v) is 4.13. The van der Waals surface area contributed by atoms with Crippen LogP contribution >= 0.6 is 11.3 Å². The monoisotopic (exact) mass is 161 g/mol. The largest absolute Gasteiger partial charge is 0.244 e. The fourth-order valence-electron chi connectivity index (χ4n) is 0.808. The van der Waals surface area contributed by atoms with E-state index in [2.05, 4.69) is 16.2 Å². The molecule has 2 rings (SSSR count). The number of rotatable bonds is 1. The van der Waals surface area contributed by atoms with Gasteiger partial charge < -0.3 is 0 Å². The molecule has 0 aliphatic heterocycles. The Bertz CT molecular complexity index is 315. The van der Waals surface area contributed by atoms with Gasteiger partial charge in [-0.3, -0.25) is 0 Å². The third-order valence-electron chi connectivity index (χ3n) is 1.30. The maximum absolute atomic E-state index is 4.12. The van der Waals surface area contributed by atoms with Gasteiger partial charge in [-0.2, -0.15) is 0 Å². The maximum atomic E-state index is 4.12. The molecule has 0 aromatic carbocycles. The summed E-state index contributed by atoms with van der Waals surface area (Å²) in [6.45, 7) is 0. The number of pyridine rings is 1. The maximum Gasteiger partial charge on any atom is 0.0995 e. The summed E-state index contributed by atoms with van der Waals surface area (Å²) >= 11 is 1.57. The second-order valence-corrected chi connectivity index (χ2v) is 2.74. The van der Waals surface area contributed by atoms with Crippen molar-refractivity contribution in [2.75, 3.05) is 0 Å². The minimum absolute atomic E-state index is 0.883. The van der Waals surface area contributed by atoms with Crippen LogP contribution in [0.15, 0.2) is 29.1 Å². The Kier molecular flexibility index (Phi) is 1.65. The van der Waals surface area contributed by atoms with E-state index in [-0.39, 0.29) is 0 Å². The van der Waals surface area contributed by atoms with Crippen LogP contribution in [0, 0.1) is 6.20 Å². The third kappa shape index (κ3) is 1.28. The average molecular weight is 161 g/mol. The molecule has 2 aromatic rings. The van der Waals surface area contributed by atoms with Gasteiger partial charge in [-0.25, -0.2) is 9.97 Å². The van der Waals surface area contributed by atoms with Crippen LogP contribution in [-0.2, 0) is 0 Å². The lowest BCUT2D eigenvalue weighted by atomic mass is 10.3. The molecule has 0 aliphatic carbocycles. The first kappa shape index (κ1) is 6.49. The Hall–Kier alpha value is -1.22. The van der Waals surface area contributed by atoms with Crippen LogP contribution in [0.3, 0.4) is 0 Å². The fourth-order valence-corrected chi connectivity index (χ4v) is 1.35. The normalized spacial score (nSPS) is 9.82. The van der Waals surface area contributed by atoms with Crippen LogP contribution in [0.5, 0.6) is 0 Å². The SMILES string of the molecule is [c]1cccc(-c2cscn2)n1. The molecule has 11 heavy (non-hydrogen) atoms. The molecule has 0 unspecified atom stereocenters. The van der Waals surface area contributed by atoms with E-state index >= 15 is 0 Å². The molecule has 0 fully saturated rings. The highest BCUT2D eigenvalue weighted by molar-refractivity contribution is 7.07.